The van der Waals surface area contributed by atoms with Gasteiger partial charge in [0.15, 0.2) is 0 Å². The minimum Gasteiger partial charge on any atom is -0.475 e. The van der Waals surface area contributed by atoms with Gasteiger partial charge in [0.1, 0.15) is 6.61 Å². The molecule has 178 valence electrons. The first-order chi connectivity index (χ1) is 15.6. The number of carbonyl (C=O) groups excluding carboxylic acids is 2. The summed E-state index contributed by atoms with van der Waals surface area (Å²) in [6.45, 7) is 4.79. The second-order valence-corrected chi connectivity index (χ2v) is 8.15. The summed E-state index contributed by atoms with van der Waals surface area (Å²) in [6.07, 6.45) is 3.85. The van der Waals surface area contributed by atoms with Gasteiger partial charge in [0.05, 0.1) is 11.6 Å². The number of halogens is 3. The molecule has 0 N–H and O–H groups in total. The fraction of sp³-hybridized carbons (Fsp3) is 0.458. The topological polar surface area (TPSA) is 62.7 Å². The van der Waals surface area contributed by atoms with Crippen molar-refractivity contribution in [3.8, 4) is 5.88 Å². The van der Waals surface area contributed by atoms with E-state index in [0.29, 0.717) is 31.5 Å². The van der Waals surface area contributed by atoms with E-state index in [9.17, 15) is 22.8 Å². The average Bonchev–Trinajstić information content (AvgIpc) is 2.79. The summed E-state index contributed by atoms with van der Waals surface area (Å²) < 4.78 is 43.7. The molecule has 1 aromatic rings. The third kappa shape index (κ3) is 5.83. The quantitative estimate of drug-likeness (QED) is 0.610. The van der Waals surface area contributed by atoms with Crippen molar-refractivity contribution >= 4 is 11.8 Å². The Morgan fingerprint density at radius 1 is 1.30 bits per heavy atom. The van der Waals surface area contributed by atoms with Crippen LogP contribution >= 0.6 is 0 Å². The number of carbonyl (C=O) groups is 2. The van der Waals surface area contributed by atoms with Crippen LogP contribution in [0.4, 0.5) is 13.2 Å². The van der Waals surface area contributed by atoms with Crippen LogP contribution in [0.3, 0.4) is 0 Å². The SMILES string of the molecule is CCN(C(=O)C1=C(C2=CC(=O)N(C)CC2)CCC=C1)[C@@H](C)COc1ccc(C(F)(F)F)cn1. The highest BCUT2D eigenvalue weighted by Crippen LogP contribution is 2.31. The van der Waals surface area contributed by atoms with Gasteiger partial charge in [-0.2, -0.15) is 13.2 Å². The minimum absolute atomic E-state index is 0.0609. The number of alkyl halides is 3. The second kappa shape index (κ2) is 10.2. The van der Waals surface area contributed by atoms with E-state index in [2.05, 4.69) is 4.98 Å². The van der Waals surface area contributed by atoms with Crippen LogP contribution in [0.1, 0.15) is 38.7 Å². The summed E-state index contributed by atoms with van der Waals surface area (Å²) in [5.74, 6) is -0.165. The molecule has 0 bridgehead atoms. The van der Waals surface area contributed by atoms with Gasteiger partial charge in [-0.25, -0.2) is 4.98 Å². The Bertz CT molecular complexity index is 981. The van der Waals surface area contributed by atoms with Crippen LogP contribution in [0.25, 0.3) is 0 Å². The maximum atomic E-state index is 13.4. The average molecular weight is 464 g/mol. The van der Waals surface area contributed by atoms with E-state index in [4.69, 9.17) is 4.74 Å². The first-order valence-electron chi connectivity index (χ1n) is 10.9. The summed E-state index contributed by atoms with van der Waals surface area (Å²) >= 11 is 0. The molecule has 33 heavy (non-hydrogen) atoms. The maximum absolute atomic E-state index is 13.4. The van der Waals surface area contributed by atoms with E-state index in [1.54, 1.807) is 22.9 Å². The van der Waals surface area contributed by atoms with Crippen LogP contribution < -0.4 is 4.74 Å². The third-order valence-electron chi connectivity index (χ3n) is 5.85. The minimum atomic E-state index is -4.46. The van der Waals surface area contributed by atoms with E-state index >= 15 is 0 Å². The molecular formula is C24H28F3N3O3. The lowest BCUT2D eigenvalue weighted by atomic mass is 9.87. The van der Waals surface area contributed by atoms with Gasteiger partial charge in [0, 0.05) is 44.0 Å². The number of likely N-dealkylation sites (N-methyl/N-ethyl adjacent to an activating group) is 2. The Morgan fingerprint density at radius 2 is 2.06 bits per heavy atom. The van der Waals surface area contributed by atoms with Gasteiger partial charge in [-0.3, -0.25) is 9.59 Å². The number of nitrogens with zero attached hydrogens (tertiary/aromatic N) is 3. The van der Waals surface area contributed by atoms with Gasteiger partial charge in [0.25, 0.3) is 5.91 Å². The lowest BCUT2D eigenvalue weighted by Gasteiger charge is -2.31. The van der Waals surface area contributed by atoms with Crippen LogP contribution in [0.2, 0.25) is 0 Å². The molecule has 0 spiro atoms. The summed E-state index contributed by atoms with van der Waals surface area (Å²) in [7, 11) is 1.75. The van der Waals surface area contributed by atoms with E-state index < -0.39 is 11.7 Å². The van der Waals surface area contributed by atoms with Crippen molar-refractivity contribution in [1.82, 2.24) is 14.8 Å². The molecular weight excluding hydrogens is 435 g/mol. The third-order valence-corrected chi connectivity index (χ3v) is 5.85. The predicted molar refractivity (Wildman–Crippen MR) is 117 cm³/mol. The molecule has 1 atom stereocenters. The van der Waals surface area contributed by atoms with Gasteiger partial charge in [0.2, 0.25) is 11.8 Å². The van der Waals surface area contributed by atoms with Crippen molar-refractivity contribution in [1.29, 1.82) is 0 Å². The van der Waals surface area contributed by atoms with E-state index in [0.717, 1.165) is 29.8 Å². The van der Waals surface area contributed by atoms with Gasteiger partial charge in [-0.1, -0.05) is 12.2 Å². The molecule has 3 rings (SSSR count). The van der Waals surface area contributed by atoms with Crippen molar-refractivity contribution in [2.75, 3.05) is 26.7 Å². The molecule has 0 fully saturated rings. The molecule has 0 aromatic carbocycles. The van der Waals surface area contributed by atoms with E-state index in [1.807, 2.05) is 26.0 Å². The summed E-state index contributed by atoms with van der Waals surface area (Å²) in [4.78, 5) is 32.6. The van der Waals surface area contributed by atoms with Crippen molar-refractivity contribution in [2.24, 2.45) is 0 Å². The highest BCUT2D eigenvalue weighted by Gasteiger charge is 2.31. The summed E-state index contributed by atoms with van der Waals surface area (Å²) in [5, 5.41) is 0. The van der Waals surface area contributed by atoms with Gasteiger partial charge < -0.3 is 14.5 Å². The maximum Gasteiger partial charge on any atom is 0.417 e. The van der Waals surface area contributed by atoms with Gasteiger partial charge in [-0.05, 0) is 50.3 Å². The molecule has 0 unspecified atom stereocenters. The first kappa shape index (κ1) is 24.5. The number of hydrogen-bond donors (Lipinski definition) is 0. The Balaban J connectivity index is 1.73. The first-order valence-corrected chi connectivity index (χ1v) is 10.9. The normalized spacial score (nSPS) is 17.7. The zero-order valence-electron chi connectivity index (χ0n) is 19.0. The number of pyridine rings is 1. The van der Waals surface area contributed by atoms with Crippen LogP contribution in [0, 0.1) is 0 Å². The van der Waals surface area contributed by atoms with Gasteiger partial charge >= 0.3 is 6.18 Å². The van der Waals surface area contributed by atoms with Crippen molar-refractivity contribution in [3.05, 3.63) is 58.8 Å². The highest BCUT2D eigenvalue weighted by atomic mass is 19.4. The number of ether oxygens (including phenoxy) is 1. The highest BCUT2D eigenvalue weighted by molar-refractivity contribution is 5.99. The van der Waals surface area contributed by atoms with Gasteiger partial charge in [-0.15, -0.1) is 0 Å². The number of aromatic nitrogens is 1. The predicted octanol–water partition coefficient (Wildman–Crippen LogP) is 4.15. The molecule has 6 nitrogen and oxygen atoms in total. The Hall–Kier alpha value is -3.10. The molecule has 9 heteroatoms. The summed E-state index contributed by atoms with van der Waals surface area (Å²) in [6, 6.07) is 1.74. The molecule has 2 heterocycles. The molecule has 0 radical (unpaired) electrons. The molecule has 2 aliphatic rings. The molecule has 1 aliphatic heterocycles. The zero-order valence-corrected chi connectivity index (χ0v) is 19.0. The lowest BCUT2D eigenvalue weighted by Crippen LogP contribution is -2.43. The van der Waals surface area contributed by atoms with Crippen molar-refractivity contribution < 1.29 is 27.5 Å². The van der Waals surface area contributed by atoms with Crippen molar-refractivity contribution in [2.45, 2.75) is 45.3 Å². The van der Waals surface area contributed by atoms with Crippen LogP contribution in [0.5, 0.6) is 5.88 Å². The molecule has 0 saturated heterocycles. The lowest BCUT2D eigenvalue weighted by molar-refractivity contribution is -0.138. The molecule has 1 aromatic heterocycles. The number of amides is 2. The van der Waals surface area contributed by atoms with Crippen molar-refractivity contribution in [3.63, 3.8) is 0 Å². The second-order valence-electron chi connectivity index (χ2n) is 8.15. The van der Waals surface area contributed by atoms with Crippen LogP contribution in [-0.4, -0.2) is 59.4 Å². The van der Waals surface area contributed by atoms with Crippen LogP contribution in [-0.2, 0) is 15.8 Å². The molecule has 2 amide bonds. The Labute approximate surface area is 191 Å². The van der Waals surface area contributed by atoms with E-state index in [1.165, 1.54) is 6.07 Å². The van der Waals surface area contributed by atoms with E-state index in [-0.39, 0.29) is 30.3 Å². The fourth-order valence-corrected chi connectivity index (χ4v) is 3.91. The molecule has 0 saturated carbocycles. The monoisotopic (exact) mass is 463 g/mol. The number of allylic oxidation sites excluding steroid dienone is 2. The zero-order chi connectivity index (χ0) is 24.2. The molecule has 1 aliphatic carbocycles. The largest absolute Gasteiger partial charge is 0.475 e. The number of rotatable bonds is 7. The summed E-state index contributed by atoms with van der Waals surface area (Å²) in [5.41, 5.74) is 1.53. The fourth-order valence-electron chi connectivity index (χ4n) is 3.91. The Kier molecular flexibility index (Phi) is 7.61. The standard InChI is InChI=1S/C24H28F3N3O3/c1-4-30(16(2)15-33-21-10-9-18(14-28-21)24(25,26)27)23(32)20-8-6-5-7-19(20)17-11-12-29(3)22(31)13-17/h6,8-10,13-14,16H,4-5,7,11-12,15H2,1-3H3/t16-/m0/s1. The Morgan fingerprint density at radius 3 is 2.67 bits per heavy atom. The number of hydrogen-bond acceptors (Lipinski definition) is 4. The smallest absolute Gasteiger partial charge is 0.417 e. The van der Waals surface area contributed by atoms with Crippen LogP contribution in [0.15, 0.2) is 53.3 Å².